The number of fused-ring (bicyclic) bond motifs is 2. The first-order valence-electron chi connectivity index (χ1n) is 14.8. The summed E-state index contributed by atoms with van der Waals surface area (Å²) in [4.78, 5) is 25.7. The van der Waals surface area contributed by atoms with Gasteiger partial charge in [-0.3, -0.25) is 13.9 Å². The van der Waals surface area contributed by atoms with E-state index < -0.39 is 52.2 Å². The Morgan fingerprint density at radius 2 is 1.67 bits per heavy atom. The van der Waals surface area contributed by atoms with Gasteiger partial charge in [0.1, 0.15) is 23.5 Å². The molecule has 0 spiro atoms. The van der Waals surface area contributed by atoms with Crippen LogP contribution in [0.1, 0.15) is 62.0 Å². The summed E-state index contributed by atoms with van der Waals surface area (Å²) in [7, 11) is -2.83. The van der Waals surface area contributed by atoms with E-state index >= 15 is 0 Å². The molecule has 2 aliphatic heterocycles. The molecule has 2 heterocycles. The van der Waals surface area contributed by atoms with Crippen LogP contribution in [-0.4, -0.2) is 73.5 Å². The third-order valence-corrected chi connectivity index (χ3v) is 11.1. The van der Waals surface area contributed by atoms with Crippen LogP contribution >= 0.6 is 10.8 Å². The zero-order chi connectivity index (χ0) is 30.7. The Bertz CT molecular complexity index is 1280. The first-order valence-corrected chi connectivity index (χ1v) is 16.4. The van der Waals surface area contributed by atoms with Crippen LogP contribution in [0, 0.1) is 23.4 Å². The van der Waals surface area contributed by atoms with Gasteiger partial charge in [-0.2, -0.15) is 0 Å². The Morgan fingerprint density at radius 1 is 0.953 bits per heavy atom. The second kappa shape index (κ2) is 13.4. The number of carbonyl (C=O) groups excluding carboxylic acids is 1. The molecule has 2 amide bonds. The lowest BCUT2D eigenvalue weighted by Gasteiger charge is -2.49. The number of piperazine rings is 1. The summed E-state index contributed by atoms with van der Waals surface area (Å²) in [6.45, 7) is 1.24. The number of nitrogens with zero attached hydrogens (tertiary/aromatic N) is 1. The van der Waals surface area contributed by atoms with Gasteiger partial charge in [-0.15, -0.1) is 10.8 Å². The summed E-state index contributed by atoms with van der Waals surface area (Å²) < 4.78 is 65.8. The van der Waals surface area contributed by atoms with Crippen LogP contribution in [0.15, 0.2) is 42.5 Å². The monoisotopic (exact) mass is 624 g/mol. The summed E-state index contributed by atoms with van der Waals surface area (Å²) in [5, 5.41) is 18.4. The summed E-state index contributed by atoms with van der Waals surface area (Å²) >= 11 is 0. The van der Waals surface area contributed by atoms with Crippen LogP contribution in [0.3, 0.4) is 0 Å². The number of hydrogen-bond donors (Lipinski definition) is 6. The maximum absolute atomic E-state index is 14.3. The molecule has 3 aliphatic rings. The van der Waals surface area contributed by atoms with E-state index in [1.807, 2.05) is 4.31 Å². The molecule has 1 aliphatic carbocycles. The predicted molar refractivity (Wildman–Crippen MR) is 157 cm³/mol. The zero-order valence-electron chi connectivity index (χ0n) is 23.7. The van der Waals surface area contributed by atoms with Crippen molar-refractivity contribution in [1.82, 2.24) is 20.3 Å². The van der Waals surface area contributed by atoms with Gasteiger partial charge in [-0.05, 0) is 79.8 Å². The molecule has 2 aromatic rings. The minimum absolute atomic E-state index is 0.0283. The van der Waals surface area contributed by atoms with Gasteiger partial charge in [0.25, 0.3) is 0 Å². The van der Waals surface area contributed by atoms with E-state index in [4.69, 9.17) is 0 Å². The predicted octanol–water partition coefficient (Wildman–Crippen LogP) is 5.04. The van der Waals surface area contributed by atoms with Gasteiger partial charge in [0.05, 0.1) is 5.75 Å². The third-order valence-electron chi connectivity index (χ3n) is 9.02. The average molecular weight is 625 g/mol. The maximum Gasteiger partial charge on any atom is 0.405 e. The standard InChI is InChI=1S/C30H39F3N4O5S/c31-21-9-6-19(7-10-21)27(20-13-22(32)15-23(33)14-20)28(36-30(39)40)29(38)35-26-5-1-3-18(26)8-11-25-16-34-24-4-2-12-43(41,42)37(25)17-24/h6-7,9-10,13-15,18,24-28,34,36,41-42H,1-5,8,11-12,16-17H2,(H,35,38)(H,39,40)/t18-,24-,25+,26+,27+,28+/m1/s1. The van der Waals surface area contributed by atoms with Gasteiger partial charge < -0.3 is 21.1 Å². The lowest BCUT2D eigenvalue weighted by atomic mass is 9.84. The van der Waals surface area contributed by atoms with Crippen molar-refractivity contribution in [1.29, 1.82) is 0 Å². The van der Waals surface area contributed by atoms with Crippen molar-refractivity contribution in [3.05, 3.63) is 71.0 Å². The Hall–Kier alpha value is -2.84. The fraction of sp³-hybridized carbons (Fsp3) is 0.533. The lowest BCUT2D eigenvalue weighted by molar-refractivity contribution is -0.124. The normalized spacial score (nSPS) is 28.7. The number of carboxylic acid groups (broad SMARTS) is 1. The Morgan fingerprint density at radius 3 is 2.37 bits per heavy atom. The SMILES string of the molecule is O=C(O)N[C@H](C(=O)N[C@H]1CCC[C@@H]1CC[C@H]1CN[C@@H]2CCCS(O)(O)N1C2)[C@@H](c1ccc(F)cc1)c1cc(F)cc(F)c1. The average Bonchev–Trinajstić information content (AvgIpc) is 3.34. The first-order chi connectivity index (χ1) is 20.5. The van der Waals surface area contributed by atoms with Crippen molar-refractivity contribution in [3.8, 4) is 0 Å². The smallest absolute Gasteiger partial charge is 0.405 e. The number of amides is 2. The molecule has 5 rings (SSSR count). The first kappa shape index (κ1) is 31.6. The fourth-order valence-corrected chi connectivity index (χ4v) is 8.82. The van der Waals surface area contributed by atoms with Gasteiger partial charge >= 0.3 is 6.09 Å². The number of halogens is 3. The molecule has 0 aromatic heterocycles. The number of nitrogens with one attached hydrogen (secondary N) is 3. The van der Waals surface area contributed by atoms with Gasteiger partial charge in [0.2, 0.25) is 5.91 Å². The highest BCUT2D eigenvalue weighted by Gasteiger charge is 2.40. The van der Waals surface area contributed by atoms with Crippen molar-refractivity contribution >= 4 is 22.8 Å². The van der Waals surface area contributed by atoms with Crippen molar-refractivity contribution in [2.45, 2.75) is 75.0 Å². The molecular formula is C30H39F3N4O5S. The molecule has 13 heteroatoms. The van der Waals surface area contributed by atoms with Crippen molar-refractivity contribution in [2.24, 2.45) is 5.92 Å². The second-order valence-corrected chi connectivity index (χ2v) is 14.0. The quantitative estimate of drug-likeness (QED) is 0.230. The van der Waals surface area contributed by atoms with Crippen molar-refractivity contribution < 1.29 is 37.0 Å². The number of benzene rings is 2. The molecule has 1 unspecified atom stereocenters. The summed E-state index contributed by atoms with van der Waals surface area (Å²) in [6.07, 6.45) is 3.97. The molecule has 2 aromatic carbocycles. The van der Waals surface area contributed by atoms with Crippen LogP contribution in [0.2, 0.25) is 0 Å². The molecule has 7 atom stereocenters. The lowest BCUT2D eigenvalue weighted by Crippen LogP contribution is -2.56. The Balaban J connectivity index is 1.33. The minimum atomic E-state index is -2.83. The van der Waals surface area contributed by atoms with Gasteiger partial charge in [-0.25, -0.2) is 22.3 Å². The highest BCUT2D eigenvalue weighted by molar-refractivity contribution is 8.22. The van der Waals surface area contributed by atoms with Gasteiger partial charge in [0.15, 0.2) is 0 Å². The number of rotatable bonds is 9. The largest absolute Gasteiger partial charge is 0.465 e. The van der Waals surface area contributed by atoms with E-state index in [0.29, 0.717) is 43.3 Å². The molecule has 2 saturated heterocycles. The molecule has 3 fully saturated rings. The van der Waals surface area contributed by atoms with E-state index in [1.54, 1.807) is 0 Å². The van der Waals surface area contributed by atoms with Crippen LogP contribution in [0.4, 0.5) is 18.0 Å². The van der Waals surface area contributed by atoms with E-state index in [1.165, 1.54) is 12.1 Å². The fourth-order valence-electron chi connectivity index (χ4n) is 6.96. The molecule has 9 nitrogen and oxygen atoms in total. The molecule has 236 valence electrons. The van der Waals surface area contributed by atoms with Crippen molar-refractivity contribution in [2.75, 3.05) is 18.8 Å². The van der Waals surface area contributed by atoms with Gasteiger partial charge in [0, 0.05) is 43.2 Å². The van der Waals surface area contributed by atoms with E-state index in [-0.39, 0.29) is 29.6 Å². The van der Waals surface area contributed by atoms with Crippen LogP contribution in [0.25, 0.3) is 0 Å². The number of hydrogen-bond acceptors (Lipinski definition) is 6. The molecular weight excluding hydrogens is 585 g/mol. The summed E-state index contributed by atoms with van der Waals surface area (Å²) in [5.41, 5.74) is 0.336. The molecule has 1 saturated carbocycles. The van der Waals surface area contributed by atoms with E-state index in [9.17, 15) is 37.0 Å². The van der Waals surface area contributed by atoms with Crippen molar-refractivity contribution in [3.63, 3.8) is 0 Å². The second-order valence-electron chi connectivity index (χ2n) is 11.9. The van der Waals surface area contributed by atoms with Gasteiger partial charge in [-0.1, -0.05) is 18.6 Å². The third kappa shape index (κ3) is 7.63. The molecule has 43 heavy (non-hydrogen) atoms. The number of carbonyl (C=O) groups is 2. The molecule has 0 radical (unpaired) electrons. The summed E-state index contributed by atoms with van der Waals surface area (Å²) in [5.74, 6) is -3.69. The van der Waals surface area contributed by atoms with Crippen LogP contribution < -0.4 is 16.0 Å². The topological polar surface area (TPSA) is 134 Å². The van der Waals surface area contributed by atoms with E-state index in [2.05, 4.69) is 16.0 Å². The minimum Gasteiger partial charge on any atom is -0.465 e. The zero-order valence-corrected chi connectivity index (χ0v) is 24.5. The van der Waals surface area contributed by atoms with E-state index in [0.717, 1.165) is 56.4 Å². The Kier molecular flexibility index (Phi) is 9.86. The maximum atomic E-state index is 14.3. The highest BCUT2D eigenvalue weighted by atomic mass is 32.3. The van der Waals surface area contributed by atoms with Crippen LogP contribution in [-0.2, 0) is 4.79 Å². The Labute approximate surface area is 250 Å². The summed E-state index contributed by atoms with van der Waals surface area (Å²) in [6, 6.07) is 6.22. The van der Waals surface area contributed by atoms with Crippen LogP contribution in [0.5, 0.6) is 0 Å². The highest BCUT2D eigenvalue weighted by Crippen LogP contribution is 2.49. The molecule has 6 N–H and O–H groups in total. The molecule has 2 bridgehead atoms.